The number of nitrogens with one attached hydrogen (secondary N) is 1. The molecule has 0 saturated carbocycles. The van der Waals surface area contributed by atoms with Gasteiger partial charge in [-0.3, -0.25) is 19.3 Å². The number of hydrogen-bond donors (Lipinski definition) is 1. The van der Waals surface area contributed by atoms with E-state index < -0.39 is 11.8 Å². The lowest BCUT2D eigenvalue weighted by atomic mass is 9.96. The fourth-order valence-corrected chi connectivity index (χ4v) is 5.07. The van der Waals surface area contributed by atoms with Crippen LogP contribution in [0.2, 0.25) is 10.0 Å². The minimum Gasteiger partial charge on any atom is -0.497 e. The first-order valence-corrected chi connectivity index (χ1v) is 13.1. The number of ether oxygens (including phenoxy) is 2. The van der Waals surface area contributed by atoms with E-state index in [1.807, 2.05) is 13.8 Å². The molecule has 0 aromatic heterocycles. The first-order chi connectivity index (χ1) is 17.7. The summed E-state index contributed by atoms with van der Waals surface area (Å²) in [7, 11) is 1.53. The zero-order valence-corrected chi connectivity index (χ0v) is 22.6. The number of halogens is 2. The Labute approximate surface area is 226 Å². The van der Waals surface area contributed by atoms with Crippen molar-refractivity contribution in [1.82, 2.24) is 15.1 Å². The van der Waals surface area contributed by atoms with Crippen molar-refractivity contribution in [2.45, 2.75) is 50.9 Å². The number of likely N-dealkylation sites (tertiary alicyclic amines) is 1. The third kappa shape index (κ3) is 5.56. The van der Waals surface area contributed by atoms with Crippen LogP contribution < -0.4 is 10.1 Å². The van der Waals surface area contributed by atoms with Crippen molar-refractivity contribution >= 4 is 40.9 Å². The number of nitrogens with zero attached hydrogens (tertiary/aromatic N) is 2. The average Bonchev–Trinajstić information content (AvgIpc) is 3.28. The molecule has 0 unspecified atom stereocenters. The van der Waals surface area contributed by atoms with Gasteiger partial charge in [0.05, 0.1) is 23.8 Å². The maximum atomic E-state index is 13.9. The van der Waals surface area contributed by atoms with Crippen LogP contribution in [0.1, 0.15) is 53.8 Å². The highest BCUT2D eigenvalue weighted by atomic mass is 35.5. The van der Waals surface area contributed by atoms with E-state index >= 15 is 0 Å². The summed E-state index contributed by atoms with van der Waals surface area (Å²) in [6.07, 6.45) is 1.49. The Morgan fingerprint density at radius 1 is 1.08 bits per heavy atom. The van der Waals surface area contributed by atoms with Crippen LogP contribution in [-0.2, 0) is 9.53 Å². The second-order valence-electron chi connectivity index (χ2n) is 9.42. The quantitative estimate of drug-likeness (QED) is 0.579. The number of carbonyl (C=O) groups is 3. The molecule has 2 aromatic rings. The maximum Gasteiger partial charge on any atom is 0.257 e. The minimum atomic E-state index is -1.01. The zero-order chi connectivity index (χ0) is 26.7. The molecule has 0 radical (unpaired) electrons. The van der Waals surface area contributed by atoms with Crippen molar-refractivity contribution in [3.8, 4) is 5.75 Å². The molecule has 2 aromatic carbocycles. The second-order valence-corrected chi connectivity index (χ2v) is 10.2. The molecule has 37 heavy (non-hydrogen) atoms. The van der Waals surface area contributed by atoms with Gasteiger partial charge < -0.3 is 19.7 Å². The predicted molar refractivity (Wildman–Crippen MR) is 141 cm³/mol. The lowest BCUT2D eigenvalue weighted by molar-refractivity contribution is -0.128. The molecule has 2 aliphatic rings. The van der Waals surface area contributed by atoms with Gasteiger partial charge in [0.15, 0.2) is 0 Å². The first-order valence-electron chi connectivity index (χ1n) is 12.4. The molecule has 3 amide bonds. The van der Waals surface area contributed by atoms with Crippen molar-refractivity contribution in [2.24, 2.45) is 0 Å². The van der Waals surface area contributed by atoms with Crippen LogP contribution in [-0.4, -0.2) is 72.1 Å². The number of methoxy groups -OCH3 is 1. The van der Waals surface area contributed by atoms with Crippen LogP contribution in [0.3, 0.4) is 0 Å². The molecule has 1 spiro atoms. The first kappa shape index (κ1) is 27.2. The molecule has 2 aliphatic heterocycles. The molecule has 10 heteroatoms. The summed E-state index contributed by atoms with van der Waals surface area (Å²) in [5.41, 5.74) is -0.167. The molecule has 0 bridgehead atoms. The third-order valence-corrected chi connectivity index (χ3v) is 7.84. The van der Waals surface area contributed by atoms with Gasteiger partial charge in [-0.25, -0.2) is 0 Å². The van der Waals surface area contributed by atoms with Crippen molar-refractivity contribution in [3.05, 3.63) is 63.6 Å². The summed E-state index contributed by atoms with van der Waals surface area (Å²) in [4.78, 5) is 43.5. The third-order valence-electron chi connectivity index (χ3n) is 7.10. The summed E-state index contributed by atoms with van der Waals surface area (Å²) in [5.74, 6) is -0.201. The van der Waals surface area contributed by atoms with E-state index in [1.165, 1.54) is 7.11 Å². The Morgan fingerprint density at radius 3 is 2.43 bits per heavy atom. The molecule has 1 N–H and O–H groups in total. The number of rotatable bonds is 6. The van der Waals surface area contributed by atoms with Crippen LogP contribution in [0.4, 0.5) is 0 Å². The minimum absolute atomic E-state index is 0.0384. The molecule has 0 aliphatic carbocycles. The maximum absolute atomic E-state index is 13.9. The van der Waals surface area contributed by atoms with E-state index in [1.54, 1.807) is 52.3 Å². The van der Waals surface area contributed by atoms with Gasteiger partial charge >= 0.3 is 0 Å². The van der Waals surface area contributed by atoms with Gasteiger partial charge in [-0.15, -0.1) is 0 Å². The molecule has 4 rings (SSSR count). The van der Waals surface area contributed by atoms with Crippen LogP contribution in [0.5, 0.6) is 5.75 Å². The Hall–Kier alpha value is -2.81. The van der Waals surface area contributed by atoms with Crippen LogP contribution in [0.25, 0.3) is 0 Å². The van der Waals surface area contributed by atoms with E-state index in [4.69, 9.17) is 32.7 Å². The highest BCUT2D eigenvalue weighted by Gasteiger charge is 2.54. The Morgan fingerprint density at radius 2 is 1.78 bits per heavy atom. The fraction of sp³-hybridized carbons (Fsp3) is 0.444. The summed E-state index contributed by atoms with van der Waals surface area (Å²) in [6.45, 7) is 4.68. The summed E-state index contributed by atoms with van der Waals surface area (Å²) in [6, 6.07) is 10.8. The average molecular weight is 548 g/mol. The Kier molecular flexibility index (Phi) is 8.31. The fourth-order valence-electron chi connectivity index (χ4n) is 4.77. The standard InChI is InChI=1S/C27H31Cl2N3O5/c1-4-17(2)30-24(33)23-16-37-27(32(23)26(35)18-6-5-7-20(14-18)36-3)10-12-31(13-11-27)25(34)19-8-9-21(28)22(29)15-19/h5-9,14-15,17,23H,4,10-13,16H2,1-3H3,(H,30,33)/t17-,23+/m0/s1. The molecular formula is C27H31Cl2N3O5. The van der Waals surface area contributed by atoms with Crippen molar-refractivity contribution in [1.29, 1.82) is 0 Å². The van der Waals surface area contributed by atoms with Gasteiger partial charge in [0.2, 0.25) is 5.91 Å². The molecule has 8 nitrogen and oxygen atoms in total. The predicted octanol–water partition coefficient (Wildman–Crippen LogP) is 4.39. The van der Waals surface area contributed by atoms with Crippen molar-refractivity contribution in [2.75, 3.05) is 26.8 Å². The van der Waals surface area contributed by atoms with Crippen LogP contribution in [0, 0.1) is 0 Å². The smallest absolute Gasteiger partial charge is 0.257 e. The van der Waals surface area contributed by atoms with Gasteiger partial charge in [0, 0.05) is 43.1 Å². The Bertz CT molecular complexity index is 1180. The number of piperidine rings is 1. The normalized spacial score (nSPS) is 19.5. The molecular weight excluding hydrogens is 517 g/mol. The van der Waals surface area contributed by atoms with Gasteiger partial charge in [-0.1, -0.05) is 36.2 Å². The van der Waals surface area contributed by atoms with Gasteiger partial charge in [-0.2, -0.15) is 0 Å². The highest BCUT2D eigenvalue weighted by molar-refractivity contribution is 6.42. The number of benzene rings is 2. The number of hydrogen-bond acceptors (Lipinski definition) is 5. The zero-order valence-electron chi connectivity index (χ0n) is 21.1. The number of amides is 3. The van der Waals surface area contributed by atoms with E-state index in [0.29, 0.717) is 52.9 Å². The number of carbonyl (C=O) groups excluding carboxylic acids is 3. The molecule has 2 atom stereocenters. The second kappa shape index (κ2) is 11.3. The molecule has 198 valence electrons. The molecule has 2 fully saturated rings. The van der Waals surface area contributed by atoms with Crippen molar-refractivity contribution in [3.63, 3.8) is 0 Å². The van der Waals surface area contributed by atoms with Crippen molar-refractivity contribution < 1.29 is 23.9 Å². The molecule has 2 saturated heterocycles. The summed E-state index contributed by atoms with van der Waals surface area (Å²) < 4.78 is 11.5. The summed E-state index contributed by atoms with van der Waals surface area (Å²) >= 11 is 12.1. The lowest BCUT2D eigenvalue weighted by Crippen LogP contribution is -2.60. The lowest BCUT2D eigenvalue weighted by Gasteiger charge is -2.44. The van der Waals surface area contributed by atoms with Gasteiger partial charge in [-0.05, 0) is 49.7 Å². The largest absolute Gasteiger partial charge is 0.497 e. The van der Waals surface area contributed by atoms with Crippen LogP contribution in [0.15, 0.2) is 42.5 Å². The van der Waals surface area contributed by atoms with Gasteiger partial charge in [0.25, 0.3) is 11.8 Å². The Balaban J connectivity index is 1.59. The topological polar surface area (TPSA) is 88.2 Å². The monoisotopic (exact) mass is 547 g/mol. The van der Waals surface area contributed by atoms with E-state index in [2.05, 4.69) is 5.32 Å². The van der Waals surface area contributed by atoms with E-state index in [-0.39, 0.29) is 30.4 Å². The van der Waals surface area contributed by atoms with Crippen LogP contribution >= 0.6 is 23.2 Å². The SMILES string of the molecule is CC[C@H](C)NC(=O)[C@H]1COC2(CCN(C(=O)c3ccc(Cl)c(Cl)c3)CC2)N1C(=O)c1cccc(OC)c1. The van der Waals surface area contributed by atoms with Gasteiger partial charge in [0.1, 0.15) is 17.5 Å². The highest BCUT2D eigenvalue weighted by Crippen LogP contribution is 2.39. The molecule has 2 heterocycles. The van der Waals surface area contributed by atoms with E-state index in [9.17, 15) is 14.4 Å². The summed E-state index contributed by atoms with van der Waals surface area (Å²) in [5, 5.41) is 3.67. The van der Waals surface area contributed by atoms with E-state index in [0.717, 1.165) is 6.42 Å².